The molecule has 188 valence electrons. The minimum absolute atomic E-state index is 0.118. The minimum Gasteiger partial charge on any atom is -0.393 e. The van der Waals surface area contributed by atoms with Crippen molar-refractivity contribution in [3.8, 4) is 11.1 Å². The van der Waals surface area contributed by atoms with E-state index in [1.54, 1.807) is 15.6 Å². The smallest absolute Gasteiger partial charge is 0.250 e. The number of nitrogens with one attached hydrogen (secondary N) is 1. The van der Waals surface area contributed by atoms with E-state index in [0.29, 0.717) is 38.0 Å². The number of amides is 1. The number of likely N-dealkylation sites (tertiary alicyclic amines) is 1. The van der Waals surface area contributed by atoms with E-state index in [1.165, 1.54) is 0 Å². The molecule has 0 atom stereocenters. The lowest BCUT2D eigenvalue weighted by Gasteiger charge is -2.33. The highest BCUT2D eigenvalue weighted by Crippen LogP contribution is 2.37. The maximum Gasteiger partial charge on any atom is 0.250 e. The summed E-state index contributed by atoms with van der Waals surface area (Å²) in [5.74, 6) is -0.144. The fourth-order valence-electron chi connectivity index (χ4n) is 5.34. The molecular formula is C25H32N4O4S2. The van der Waals surface area contributed by atoms with Gasteiger partial charge in [0.25, 0.3) is 5.91 Å². The number of fused-ring (bicyclic) bond motifs is 1. The van der Waals surface area contributed by atoms with Crippen LogP contribution in [0.25, 0.3) is 22.0 Å². The van der Waals surface area contributed by atoms with E-state index in [4.69, 9.17) is 5.73 Å². The maximum atomic E-state index is 13.0. The van der Waals surface area contributed by atoms with E-state index in [9.17, 15) is 18.3 Å². The van der Waals surface area contributed by atoms with Crippen molar-refractivity contribution in [1.29, 1.82) is 0 Å². The lowest BCUT2D eigenvalue weighted by atomic mass is 9.88. The Morgan fingerprint density at radius 2 is 1.86 bits per heavy atom. The molecule has 2 aliphatic rings. The summed E-state index contributed by atoms with van der Waals surface area (Å²) in [7, 11) is -3.32. The average Bonchev–Trinajstić information content (AvgIpc) is 3.53. The van der Waals surface area contributed by atoms with Gasteiger partial charge >= 0.3 is 0 Å². The number of sulfonamides is 1. The fraction of sp³-hybridized carbons (Fsp3) is 0.480. The van der Waals surface area contributed by atoms with Crippen LogP contribution in [0, 0.1) is 0 Å². The highest BCUT2D eigenvalue weighted by Gasteiger charge is 2.31. The molecule has 0 radical (unpaired) electrons. The predicted octanol–water partition coefficient (Wildman–Crippen LogP) is 2.96. The Kier molecular flexibility index (Phi) is 7.00. The summed E-state index contributed by atoms with van der Waals surface area (Å²) in [6, 6.07) is 5.97. The Hall–Kier alpha value is -2.24. The lowest BCUT2D eigenvalue weighted by Crippen LogP contribution is -2.43. The van der Waals surface area contributed by atoms with Crippen LogP contribution < -0.4 is 5.73 Å². The standard InChI is InChI=1S/C25H32N4O4S2/c26-25(31)22-14-19(18-5-11-34-16-18)13-21-23(15-27-24(21)22)17-1-8-29(9-2-17)35(32,33)12-10-28-6-3-20(30)4-7-28/h5,11,13-17,20,27,30H,1-4,6-10,12H2,(H2,26,31). The number of carbonyl (C=O) groups is 1. The first-order valence-corrected chi connectivity index (χ1v) is 14.7. The van der Waals surface area contributed by atoms with Gasteiger partial charge in [-0.2, -0.15) is 11.3 Å². The predicted molar refractivity (Wildman–Crippen MR) is 139 cm³/mol. The largest absolute Gasteiger partial charge is 0.393 e. The molecule has 4 heterocycles. The molecule has 8 nitrogen and oxygen atoms in total. The third-order valence-corrected chi connectivity index (χ3v) is 9.98. The van der Waals surface area contributed by atoms with Gasteiger partial charge in [-0.15, -0.1) is 0 Å². The van der Waals surface area contributed by atoms with Crippen molar-refractivity contribution in [3.05, 3.63) is 46.3 Å². The van der Waals surface area contributed by atoms with Crippen LogP contribution in [0.5, 0.6) is 0 Å². The van der Waals surface area contributed by atoms with Gasteiger partial charge in [0.2, 0.25) is 10.0 Å². The molecule has 5 rings (SSSR count). The number of thiophene rings is 1. The van der Waals surface area contributed by atoms with Crippen LogP contribution in [0.1, 0.15) is 47.5 Å². The number of primary amides is 1. The number of H-pyrrole nitrogens is 1. The molecule has 1 aromatic carbocycles. The second-order valence-electron chi connectivity index (χ2n) is 9.63. The molecule has 10 heteroatoms. The van der Waals surface area contributed by atoms with E-state index >= 15 is 0 Å². The second-order valence-corrected chi connectivity index (χ2v) is 12.5. The lowest BCUT2D eigenvalue weighted by molar-refractivity contribution is 0.0854. The number of aliphatic hydroxyl groups excluding tert-OH is 1. The SMILES string of the molecule is NC(=O)c1cc(-c2ccsc2)cc2c(C3CCN(S(=O)(=O)CCN4CCC(O)CC4)CC3)c[nH]c12. The van der Waals surface area contributed by atoms with Crippen LogP contribution >= 0.6 is 11.3 Å². The van der Waals surface area contributed by atoms with Crippen LogP contribution in [0.15, 0.2) is 35.2 Å². The molecule has 3 aromatic rings. The van der Waals surface area contributed by atoms with E-state index in [2.05, 4.69) is 16.0 Å². The third kappa shape index (κ3) is 5.17. The summed E-state index contributed by atoms with van der Waals surface area (Å²) in [4.78, 5) is 17.6. The van der Waals surface area contributed by atoms with E-state index < -0.39 is 15.9 Å². The van der Waals surface area contributed by atoms with Crippen LogP contribution in [0.2, 0.25) is 0 Å². The van der Waals surface area contributed by atoms with E-state index in [-0.39, 0.29) is 17.8 Å². The Bertz CT molecular complexity index is 1290. The van der Waals surface area contributed by atoms with Crippen LogP contribution in [0.3, 0.4) is 0 Å². The molecule has 2 aliphatic heterocycles. The van der Waals surface area contributed by atoms with Gasteiger partial charge in [-0.3, -0.25) is 4.79 Å². The maximum absolute atomic E-state index is 13.0. The summed E-state index contributed by atoms with van der Waals surface area (Å²) in [6.45, 7) is 3.00. The van der Waals surface area contributed by atoms with Crippen molar-refractivity contribution in [2.45, 2.75) is 37.7 Å². The normalized spacial score (nSPS) is 19.5. The summed E-state index contributed by atoms with van der Waals surface area (Å²) in [5.41, 5.74) is 10.0. The molecule has 2 aromatic heterocycles. The molecule has 0 spiro atoms. The number of piperidine rings is 2. The number of rotatable bonds is 7. The van der Waals surface area contributed by atoms with Crippen LogP contribution in [-0.4, -0.2) is 78.2 Å². The van der Waals surface area contributed by atoms with Crippen molar-refractivity contribution < 1.29 is 18.3 Å². The molecule has 0 saturated carbocycles. The number of hydrogen-bond acceptors (Lipinski definition) is 6. The molecule has 1 amide bonds. The van der Waals surface area contributed by atoms with Crippen molar-refractivity contribution in [1.82, 2.24) is 14.2 Å². The molecule has 0 unspecified atom stereocenters. The van der Waals surface area contributed by atoms with Crippen molar-refractivity contribution in [3.63, 3.8) is 0 Å². The van der Waals surface area contributed by atoms with E-state index in [1.807, 2.05) is 29.1 Å². The molecular weight excluding hydrogens is 484 g/mol. The summed E-state index contributed by atoms with van der Waals surface area (Å²) >= 11 is 1.60. The zero-order valence-corrected chi connectivity index (χ0v) is 21.3. The topological polar surface area (TPSA) is 120 Å². The Morgan fingerprint density at radius 3 is 2.51 bits per heavy atom. The number of nitrogens with two attached hydrogens (primary N) is 1. The van der Waals surface area contributed by atoms with Crippen molar-refractivity contribution in [2.75, 3.05) is 38.5 Å². The van der Waals surface area contributed by atoms with Gasteiger partial charge in [-0.05, 0) is 77.3 Å². The molecule has 0 aliphatic carbocycles. The molecule has 4 N–H and O–H groups in total. The quantitative estimate of drug-likeness (QED) is 0.446. The number of aliphatic hydroxyl groups is 1. The highest BCUT2D eigenvalue weighted by molar-refractivity contribution is 7.89. The number of aromatic amines is 1. The van der Waals surface area contributed by atoms with Crippen LogP contribution in [-0.2, 0) is 10.0 Å². The van der Waals surface area contributed by atoms with E-state index in [0.717, 1.165) is 53.5 Å². The van der Waals surface area contributed by atoms with Gasteiger partial charge in [-0.1, -0.05) is 0 Å². The Labute approximate surface area is 209 Å². The first-order valence-electron chi connectivity index (χ1n) is 12.2. The average molecular weight is 517 g/mol. The first-order chi connectivity index (χ1) is 16.8. The number of hydrogen-bond donors (Lipinski definition) is 3. The monoisotopic (exact) mass is 516 g/mol. The van der Waals surface area contributed by atoms with Gasteiger partial charge in [0.1, 0.15) is 0 Å². The summed E-state index contributed by atoms with van der Waals surface area (Å²) in [6.07, 6.45) is 4.58. The highest BCUT2D eigenvalue weighted by atomic mass is 32.2. The van der Waals surface area contributed by atoms with Gasteiger partial charge in [0, 0.05) is 44.3 Å². The molecule has 0 bridgehead atoms. The third-order valence-electron chi connectivity index (χ3n) is 7.45. The zero-order chi connectivity index (χ0) is 24.6. The summed E-state index contributed by atoms with van der Waals surface area (Å²) in [5, 5.41) is 14.7. The van der Waals surface area contributed by atoms with Gasteiger partial charge < -0.3 is 20.7 Å². The van der Waals surface area contributed by atoms with Crippen molar-refractivity contribution >= 4 is 38.2 Å². The molecule has 35 heavy (non-hydrogen) atoms. The van der Waals surface area contributed by atoms with Gasteiger partial charge in [-0.25, -0.2) is 12.7 Å². The van der Waals surface area contributed by atoms with Gasteiger partial charge in [0.15, 0.2) is 0 Å². The number of nitrogens with zero attached hydrogens (tertiary/aromatic N) is 2. The second kappa shape index (κ2) is 10.0. The number of aromatic nitrogens is 1. The zero-order valence-electron chi connectivity index (χ0n) is 19.7. The molecule has 2 fully saturated rings. The minimum atomic E-state index is -3.32. The Morgan fingerprint density at radius 1 is 1.11 bits per heavy atom. The number of carbonyl (C=O) groups excluding carboxylic acids is 1. The summed E-state index contributed by atoms with van der Waals surface area (Å²) < 4.78 is 27.6. The fourth-order valence-corrected chi connectivity index (χ4v) is 7.52. The van der Waals surface area contributed by atoms with Crippen molar-refractivity contribution in [2.24, 2.45) is 5.73 Å². The molecule has 2 saturated heterocycles. The number of benzene rings is 1. The Balaban J connectivity index is 1.29. The first kappa shape index (κ1) is 24.5. The van der Waals surface area contributed by atoms with Crippen LogP contribution in [0.4, 0.5) is 0 Å². The van der Waals surface area contributed by atoms with Gasteiger partial charge in [0.05, 0.1) is 22.9 Å².